The summed E-state index contributed by atoms with van der Waals surface area (Å²) < 4.78 is 0. The third kappa shape index (κ3) is 3.88. The summed E-state index contributed by atoms with van der Waals surface area (Å²) in [4.78, 5) is 7.45. The van der Waals surface area contributed by atoms with Gasteiger partial charge in [0.15, 0.2) is 0 Å². The number of nitrogens with one attached hydrogen (secondary N) is 1. The molecule has 0 saturated heterocycles. The fourth-order valence-corrected chi connectivity index (χ4v) is 4.55. The number of rotatable bonds is 6. The van der Waals surface area contributed by atoms with Crippen LogP contribution < -0.4 is 0 Å². The Kier molecular flexibility index (Phi) is 5.04. The van der Waals surface area contributed by atoms with E-state index in [0.29, 0.717) is 0 Å². The van der Waals surface area contributed by atoms with E-state index in [1.54, 1.807) is 5.57 Å². The predicted octanol–water partition coefficient (Wildman–Crippen LogP) is 5.65. The van der Waals surface area contributed by atoms with Gasteiger partial charge in [-0.1, -0.05) is 23.8 Å². The zero-order valence-corrected chi connectivity index (χ0v) is 15.7. The Morgan fingerprint density at radius 3 is 2.96 bits per heavy atom. The summed E-state index contributed by atoms with van der Waals surface area (Å²) in [6.45, 7) is 5.70. The average molecular weight is 351 g/mol. The van der Waals surface area contributed by atoms with Crippen LogP contribution in [0.15, 0.2) is 48.0 Å². The van der Waals surface area contributed by atoms with Gasteiger partial charge in [-0.25, -0.2) is 0 Å². The Labute approximate surface area is 154 Å². The molecule has 130 valence electrons. The fraction of sp³-hybridized carbons (Fsp3) is 0.364. The van der Waals surface area contributed by atoms with E-state index >= 15 is 0 Å². The van der Waals surface area contributed by atoms with Crippen molar-refractivity contribution in [1.82, 2.24) is 9.88 Å². The van der Waals surface area contributed by atoms with Gasteiger partial charge >= 0.3 is 0 Å². The summed E-state index contributed by atoms with van der Waals surface area (Å²) in [7, 11) is 0. The van der Waals surface area contributed by atoms with E-state index in [-0.39, 0.29) is 0 Å². The largest absolute Gasteiger partial charge is 0.361 e. The van der Waals surface area contributed by atoms with Gasteiger partial charge in [-0.2, -0.15) is 0 Å². The molecule has 2 nitrogen and oxygen atoms in total. The highest BCUT2D eigenvalue weighted by molar-refractivity contribution is 7.11. The first-order chi connectivity index (χ1) is 12.3. The highest BCUT2D eigenvalue weighted by Crippen LogP contribution is 2.26. The van der Waals surface area contributed by atoms with Crippen molar-refractivity contribution >= 4 is 27.8 Å². The van der Waals surface area contributed by atoms with Crippen LogP contribution in [0.4, 0.5) is 0 Å². The Hall–Kier alpha value is -1.84. The molecule has 0 fully saturated rings. The molecule has 0 saturated carbocycles. The standard InChI is InChI=1S/C22H26N2S/c1-17-7-8-21-20(15-17)19(16-23-21)5-2-3-11-24-12-9-18(10-13-24)22-6-4-14-25-22/h4,6-9,14-16,23H,2-3,5,10-13H2,1H3. The van der Waals surface area contributed by atoms with Crippen molar-refractivity contribution in [3.63, 3.8) is 0 Å². The molecule has 1 aromatic carbocycles. The molecule has 3 heterocycles. The van der Waals surface area contributed by atoms with Gasteiger partial charge in [-0.15, -0.1) is 11.3 Å². The number of hydrogen-bond donors (Lipinski definition) is 1. The summed E-state index contributed by atoms with van der Waals surface area (Å²) in [6, 6.07) is 11.1. The number of aromatic amines is 1. The summed E-state index contributed by atoms with van der Waals surface area (Å²) in [5, 5.41) is 3.58. The molecule has 0 radical (unpaired) electrons. The molecule has 1 aliphatic rings. The van der Waals surface area contributed by atoms with E-state index < -0.39 is 0 Å². The van der Waals surface area contributed by atoms with Gasteiger partial charge in [-0.3, -0.25) is 4.90 Å². The van der Waals surface area contributed by atoms with Gasteiger partial charge in [0.1, 0.15) is 0 Å². The van der Waals surface area contributed by atoms with Crippen molar-refractivity contribution in [3.05, 3.63) is 64.0 Å². The molecule has 0 amide bonds. The molecule has 0 atom stereocenters. The van der Waals surface area contributed by atoms with Crippen LogP contribution in [-0.2, 0) is 6.42 Å². The second-order valence-electron chi connectivity index (χ2n) is 7.08. The van der Waals surface area contributed by atoms with Crippen molar-refractivity contribution in [2.75, 3.05) is 19.6 Å². The van der Waals surface area contributed by atoms with Crippen molar-refractivity contribution in [2.45, 2.75) is 32.6 Å². The normalized spacial score (nSPS) is 15.6. The lowest BCUT2D eigenvalue weighted by Crippen LogP contribution is -2.29. The van der Waals surface area contributed by atoms with Crippen LogP contribution in [0.2, 0.25) is 0 Å². The van der Waals surface area contributed by atoms with Gasteiger partial charge in [-0.05, 0) is 73.9 Å². The van der Waals surface area contributed by atoms with Gasteiger partial charge < -0.3 is 4.98 Å². The van der Waals surface area contributed by atoms with E-state index in [0.717, 1.165) is 6.54 Å². The quantitative estimate of drug-likeness (QED) is 0.569. The fourth-order valence-electron chi connectivity index (χ4n) is 3.75. The maximum atomic E-state index is 3.41. The molecule has 3 aromatic rings. The lowest BCUT2D eigenvalue weighted by Gasteiger charge is -2.25. The van der Waals surface area contributed by atoms with Crippen LogP contribution in [0.5, 0.6) is 0 Å². The first-order valence-electron chi connectivity index (χ1n) is 9.31. The van der Waals surface area contributed by atoms with Gasteiger partial charge in [0.25, 0.3) is 0 Å². The van der Waals surface area contributed by atoms with Gasteiger partial charge in [0.05, 0.1) is 0 Å². The Morgan fingerprint density at radius 1 is 1.20 bits per heavy atom. The first kappa shape index (κ1) is 16.6. The number of aryl methyl sites for hydroxylation is 2. The molecular formula is C22H26N2S. The average Bonchev–Trinajstić information content (AvgIpc) is 3.29. The molecule has 4 rings (SSSR count). The summed E-state index contributed by atoms with van der Waals surface area (Å²) in [6.07, 6.45) is 9.54. The zero-order chi connectivity index (χ0) is 17.1. The van der Waals surface area contributed by atoms with E-state index in [1.165, 1.54) is 65.7 Å². The van der Waals surface area contributed by atoms with Crippen molar-refractivity contribution in [3.8, 4) is 0 Å². The SMILES string of the molecule is Cc1ccc2[nH]cc(CCCCN3CC=C(c4cccs4)CC3)c2c1. The Balaban J connectivity index is 1.25. The zero-order valence-electron chi connectivity index (χ0n) is 14.9. The third-order valence-electron chi connectivity index (χ3n) is 5.22. The minimum absolute atomic E-state index is 1.11. The maximum Gasteiger partial charge on any atom is 0.0456 e. The molecule has 3 heteroatoms. The minimum Gasteiger partial charge on any atom is -0.361 e. The summed E-state index contributed by atoms with van der Waals surface area (Å²) in [5.41, 5.74) is 5.62. The third-order valence-corrected chi connectivity index (χ3v) is 6.17. The molecule has 0 aliphatic carbocycles. The molecule has 0 bridgehead atoms. The summed E-state index contributed by atoms with van der Waals surface area (Å²) >= 11 is 1.86. The smallest absolute Gasteiger partial charge is 0.0456 e. The van der Waals surface area contributed by atoms with Crippen molar-refractivity contribution in [2.24, 2.45) is 0 Å². The second kappa shape index (κ2) is 7.59. The van der Waals surface area contributed by atoms with E-state index in [9.17, 15) is 0 Å². The van der Waals surface area contributed by atoms with E-state index in [1.807, 2.05) is 11.3 Å². The van der Waals surface area contributed by atoms with E-state index in [2.05, 4.69) is 64.8 Å². The van der Waals surface area contributed by atoms with Crippen molar-refractivity contribution < 1.29 is 0 Å². The topological polar surface area (TPSA) is 19.0 Å². The molecule has 0 spiro atoms. The first-order valence-corrected chi connectivity index (χ1v) is 10.2. The number of thiophene rings is 1. The molecule has 2 aromatic heterocycles. The number of benzene rings is 1. The monoisotopic (exact) mass is 350 g/mol. The minimum atomic E-state index is 1.11. The number of nitrogens with zero attached hydrogens (tertiary/aromatic N) is 1. The van der Waals surface area contributed by atoms with Crippen molar-refractivity contribution in [1.29, 1.82) is 0 Å². The highest BCUT2D eigenvalue weighted by atomic mass is 32.1. The molecule has 1 N–H and O–H groups in total. The van der Waals surface area contributed by atoms with Crippen LogP contribution >= 0.6 is 11.3 Å². The van der Waals surface area contributed by atoms with Gasteiger partial charge in [0, 0.05) is 35.1 Å². The van der Waals surface area contributed by atoms with Crippen LogP contribution in [0.3, 0.4) is 0 Å². The molecule has 1 aliphatic heterocycles. The molecule has 0 unspecified atom stereocenters. The van der Waals surface area contributed by atoms with Crippen LogP contribution in [-0.4, -0.2) is 29.5 Å². The number of aromatic nitrogens is 1. The summed E-state index contributed by atoms with van der Waals surface area (Å²) in [5.74, 6) is 0. The van der Waals surface area contributed by atoms with Crippen LogP contribution in [0.25, 0.3) is 16.5 Å². The Bertz CT molecular complexity index is 857. The second-order valence-corrected chi connectivity index (χ2v) is 8.03. The predicted molar refractivity (Wildman–Crippen MR) is 109 cm³/mol. The van der Waals surface area contributed by atoms with E-state index in [4.69, 9.17) is 0 Å². The molecular weight excluding hydrogens is 324 g/mol. The molecule has 25 heavy (non-hydrogen) atoms. The highest BCUT2D eigenvalue weighted by Gasteiger charge is 2.13. The lowest BCUT2D eigenvalue weighted by molar-refractivity contribution is 0.295. The number of fused-ring (bicyclic) bond motifs is 1. The Morgan fingerprint density at radius 2 is 2.16 bits per heavy atom. The number of hydrogen-bond acceptors (Lipinski definition) is 2. The number of H-pyrrole nitrogens is 1. The van der Waals surface area contributed by atoms with Gasteiger partial charge in [0.2, 0.25) is 0 Å². The maximum absolute atomic E-state index is 3.41. The lowest BCUT2D eigenvalue weighted by atomic mass is 10.0. The van der Waals surface area contributed by atoms with Crippen LogP contribution in [0, 0.1) is 6.92 Å². The number of unbranched alkanes of at least 4 members (excludes halogenated alkanes) is 1. The van der Waals surface area contributed by atoms with Crippen LogP contribution in [0.1, 0.15) is 35.3 Å².